The molecule has 448 valence electrons. The van der Waals surface area contributed by atoms with E-state index in [1.165, 1.54) is 0 Å². The monoisotopic (exact) mass is 1350 g/mol. The minimum atomic E-state index is -2.16. The summed E-state index contributed by atoms with van der Waals surface area (Å²) in [4.78, 5) is 0. The van der Waals surface area contributed by atoms with Gasteiger partial charge in [0.25, 0.3) is 0 Å². The lowest BCUT2D eigenvalue weighted by molar-refractivity contribution is -0.395. The molecule has 14 bridgehead atoms. The predicted octanol–water partition coefficient (Wildman–Crippen LogP) is -12.3. The van der Waals surface area contributed by atoms with E-state index >= 15 is 0 Å². The van der Waals surface area contributed by atoms with Gasteiger partial charge in [0, 0.05) is 8.86 Å². The van der Waals surface area contributed by atoms with E-state index in [1.54, 1.807) is 45.2 Å². The molecule has 21 fully saturated rings. The maximum absolute atomic E-state index is 11.4. The predicted molar refractivity (Wildman–Crippen MR) is 252 cm³/mol. The van der Waals surface area contributed by atoms with Gasteiger partial charge in [0.05, 0.1) is 45.2 Å². The van der Waals surface area contributed by atoms with Gasteiger partial charge in [0.15, 0.2) is 44.0 Å². The topological polar surface area (TPSA) is 514 Å². The van der Waals surface area contributed by atoms with E-state index in [9.17, 15) is 97.0 Å². The molecule has 0 unspecified atom stereocenters. The lowest BCUT2D eigenvalue weighted by atomic mass is 9.95. The molecule has 21 saturated heterocycles. The molecule has 19 N–H and O–H groups in total. The Morgan fingerprint density at radius 2 is 0.325 bits per heavy atom. The fraction of sp³-hybridized carbons (Fsp3) is 1.00. The van der Waals surface area contributed by atoms with E-state index in [0.29, 0.717) is 0 Å². The van der Waals surface area contributed by atoms with Crippen molar-refractivity contribution in [1.82, 2.24) is 0 Å². The van der Waals surface area contributed by atoms with Crippen LogP contribution in [-0.2, 0) is 66.3 Å². The van der Waals surface area contributed by atoms with Crippen LogP contribution in [0.5, 0.6) is 0 Å². The molecule has 33 nitrogen and oxygen atoms in total. The second-order valence-electron chi connectivity index (χ2n) is 19.6. The number of aliphatic hydroxyl groups is 19. The Morgan fingerprint density at radius 1 is 0.195 bits per heavy atom. The molecule has 35 atom stereocenters. The third-order valence-electron chi connectivity index (χ3n) is 14.7. The number of alkyl halides is 2. The zero-order valence-corrected chi connectivity index (χ0v) is 44.4. The van der Waals surface area contributed by atoms with Crippen molar-refractivity contribution in [3.05, 3.63) is 0 Å². The second-order valence-corrected chi connectivity index (χ2v) is 21.4. The van der Waals surface area contributed by atoms with Crippen molar-refractivity contribution in [3.63, 3.8) is 0 Å². The SMILES string of the molecule is OC[C@H]1O[C@@H]2O[C@H]3[C@H](O)[C@@H](O)[C@@H](O[C@H]4[C@H](O)[C@@H](O)[C@@H](O[C@H]5[C@H](O)[C@@H](O)[C@@H](O[C@H]6[C@H](O)[C@@H](O)[C@@H](O[C@H]7[C@H](O)[C@@H](O)[C@@H](O[C@H]8[C@H](O)[C@@H](O)[C@@H](O[C@H]1[C@H](O)[C@H]2O)O[C@@H]8CO)O[C@@H]7CI)O[C@@H]6CO)O[C@@H]5CO)O[C@@H]4CI)O[C@@H]3CO. The summed E-state index contributed by atoms with van der Waals surface area (Å²) >= 11 is 3.61. The van der Waals surface area contributed by atoms with Crippen LogP contribution in [0.4, 0.5) is 0 Å². The Kier molecular flexibility index (Phi) is 22.2. The lowest BCUT2D eigenvalue weighted by Crippen LogP contribution is -2.68. The summed E-state index contributed by atoms with van der Waals surface area (Å²) in [5.74, 6) is 0. The highest BCUT2D eigenvalue weighted by atomic mass is 127. The molecule has 0 aromatic heterocycles. The van der Waals surface area contributed by atoms with Crippen LogP contribution in [0.15, 0.2) is 0 Å². The van der Waals surface area contributed by atoms with Crippen LogP contribution in [0.1, 0.15) is 0 Å². The highest BCUT2D eigenvalue weighted by Crippen LogP contribution is 2.39. The molecule has 21 aliphatic heterocycles. The number of hydrogen-bond acceptors (Lipinski definition) is 33. The Balaban J connectivity index is 1.08. The molecule has 21 rings (SSSR count). The van der Waals surface area contributed by atoms with Crippen LogP contribution in [0.2, 0.25) is 0 Å². The average Bonchev–Trinajstić information content (AvgIpc) is 3.45. The molecule has 77 heavy (non-hydrogen) atoms. The van der Waals surface area contributed by atoms with Crippen LogP contribution in [0.3, 0.4) is 0 Å². The van der Waals surface area contributed by atoms with Crippen molar-refractivity contribution in [2.24, 2.45) is 0 Å². The van der Waals surface area contributed by atoms with Gasteiger partial charge in [-0.05, 0) is 0 Å². The minimum Gasteiger partial charge on any atom is -0.394 e. The van der Waals surface area contributed by atoms with Gasteiger partial charge in [0.1, 0.15) is 159 Å². The van der Waals surface area contributed by atoms with Crippen molar-refractivity contribution in [2.75, 3.05) is 41.9 Å². The molecular weight excluding hydrogens is 1290 g/mol. The summed E-state index contributed by atoms with van der Waals surface area (Å²) in [6.45, 7) is -4.94. The van der Waals surface area contributed by atoms with Gasteiger partial charge in [0.2, 0.25) is 0 Å². The van der Waals surface area contributed by atoms with Crippen LogP contribution in [0, 0.1) is 0 Å². The molecule has 0 aromatic rings. The second kappa shape index (κ2) is 27.0. The zero-order valence-electron chi connectivity index (χ0n) is 40.1. The van der Waals surface area contributed by atoms with Crippen molar-refractivity contribution in [3.8, 4) is 0 Å². The quantitative estimate of drug-likeness (QED) is 0.0831. The highest BCUT2D eigenvalue weighted by molar-refractivity contribution is 14.1. The van der Waals surface area contributed by atoms with Crippen molar-refractivity contribution in [2.45, 2.75) is 215 Å². The van der Waals surface area contributed by atoms with E-state index < -0.39 is 248 Å². The number of aliphatic hydroxyl groups excluding tert-OH is 19. The number of hydrogen-bond donors (Lipinski definition) is 19. The largest absolute Gasteiger partial charge is 0.394 e. The maximum Gasteiger partial charge on any atom is 0.187 e. The summed E-state index contributed by atoms with van der Waals surface area (Å²) in [7, 11) is 0. The highest BCUT2D eigenvalue weighted by Gasteiger charge is 2.59. The van der Waals surface area contributed by atoms with Gasteiger partial charge in [-0.2, -0.15) is 0 Å². The van der Waals surface area contributed by atoms with Crippen LogP contribution in [0.25, 0.3) is 0 Å². The molecule has 0 amide bonds. The standard InChI is InChI=1S/C42H68I2O33/c43-1-8-29-16(51)23(58)37(65-8)74-32-11(4-46)69-41(27(62)20(32)55)77-35-14(7-49)70-42(28(63)21(35)56)76-34-13(6-48)67-39(25(60)18(34)53)72-30-9(2-44)64-36(22(57)15(30)50)73-31-10(3-45)68-40(26(61)19(31)54)75-33-12(5-47)66-38(71-29)24(59)17(33)52/h8-42,45-63H,1-7H2/t8-,9-,10-,11-,12-,13-,14-,15-,16-,17-,18-,19-,20-,21-,22-,23-,24-,25-,26-,27-,28-,29-,30-,31-,32-,33-,34-,35-,36-,37-,38-,39-,40-,41-,42-/m1/s1. The van der Waals surface area contributed by atoms with E-state index in [-0.39, 0.29) is 8.86 Å². The average molecular weight is 1350 g/mol. The van der Waals surface area contributed by atoms with E-state index in [0.717, 1.165) is 0 Å². The van der Waals surface area contributed by atoms with Crippen molar-refractivity contribution in [1.29, 1.82) is 0 Å². The lowest BCUT2D eigenvalue weighted by Gasteiger charge is -2.50. The zero-order chi connectivity index (χ0) is 56.1. The molecule has 21 heterocycles. The third kappa shape index (κ3) is 12.6. The number of ether oxygens (including phenoxy) is 14. The van der Waals surface area contributed by atoms with E-state index in [2.05, 4.69) is 0 Å². The molecule has 35 heteroatoms. The summed E-state index contributed by atoms with van der Waals surface area (Å²) in [6, 6.07) is 0. The van der Waals surface area contributed by atoms with Gasteiger partial charge in [-0.3, -0.25) is 0 Å². The Bertz CT molecular complexity index is 1480. The third-order valence-corrected chi connectivity index (χ3v) is 16.5. The number of rotatable bonds is 7. The fourth-order valence-corrected chi connectivity index (χ4v) is 11.8. The van der Waals surface area contributed by atoms with Gasteiger partial charge >= 0.3 is 0 Å². The van der Waals surface area contributed by atoms with Crippen molar-refractivity contribution >= 4 is 45.2 Å². The molecule has 0 aliphatic carbocycles. The Morgan fingerprint density at radius 3 is 0.455 bits per heavy atom. The normalized spacial score (nSPS) is 55.4. The first-order valence-corrected chi connectivity index (χ1v) is 27.6. The van der Waals surface area contributed by atoms with E-state index in [4.69, 9.17) is 66.3 Å². The summed E-state index contributed by atoms with van der Waals surface area (Å²) in [5, 5.41) is 211. The Hall–Kier alpha value is 0.140. The molecule has 21 aliphatic rings. The van der Waals surface area contributed by atoms with Gasteiger partial charge in [-0.15, -0.1) is 0 Å². The molecule has 0 spiro atoms. The summed E-state index contributed by atoms with van der Waals surface area (Å²) in [6.07, 6.45) is -66.1. The Labute approximate surface area is 463 Å². The van der Waals surface area contributed by atoms with Gasteiger partial charge in [-0.1, -0.05) is 45.2 Å². The van der Waals surface area contributed by atoms with Gasteiger partial charge in [-0.25, -0.2) is 0 Å². The molecule has 0 aromatic carbocycles. The van der Waals surface area contributed by atoms with E-state index in [1.807, 2.05) is 0 Å². The summed E-state index contributed by atoms with van der Waals surface area (Å²) in [5.41, 5.74) is 0. The van der Waals surface area contributed by atoms with Crippen molar-refractivity contribution < 1.29 is 163 Å². The molecule has 0 saturated carbocycles. The smallest absolute Gasteiger partial charge is 0.187 e. The van der Waals surface area contributed by atoms with Gasteiger partial charge < -0.3 is 163 Å². The first kappa shape index (κ1) is 63.2. The first-order valence-electron chi connectivity index (χ1n) is 24.5. The summed E-state index contributed by atoms with van der Waals surface area (Å²) < 4.78 is 81.0. The number of halogens is 2. The van der Waals surface area contributed by atoms with Crippen LogP contribution < -0.4 is 0 Å². The maximum atomic E-state index is 11.4. The molecular formula is C42H68I2O33. The first-order chi connectivity index (χ1) is 36.7. The van der Waals surface area contributed by atoms with Crippen LogP contribution >= 0.6 is 45.2 Å². The minimum absolute atomic E-state index is 0.0660. The fourth-order valence-electron chi connectivity index (χ4n) is 10.4. The van der Waals surface area contributed by atoms with Crippen LogP contribution in [-0.4, -0.2) is 354 Å². The molecule has 0 radical (unpaired) electrons.